The largest absolute Gasteiger partial charge is 0.416 e. The second kappa shape index (κ2) is 9.82. The second-order valence-corrected chi connectivity index (χ2v) is 10.7. The summed E-state index contributed by atoms with van der Waals surface area (Å²) in [5.41, 5.74) is -2.26. The Morgan fingerprint density at radius 2 is 1.75 bits per heavy atom. The predicted molar refractivity (Wildman–Crippen MR) is 130 cm³/mol. The van der Waals surface area contributed by atoms with Crippen molar-refractivity contribution in [3.05, 3.63) is 77.1 Å². The zero-order chi connectivity index (χ0) is 29.0. The Bertz CT molecular complexity index is 1660. The third-order valence-corrected chi connectivity index (χ3v) is 8.06. The summed E-state index contributed by atoms with van der Waals surface area (Å²) in [4.78, 5) is 25.9. The van der Waals surface area contributed by atoms with Crippen molar-refractivity contribution >= 4 is 33.3 Å². The summed E-state index contributed by atoms with van der Waals surface area (Å²) in [6, 6.07) is 5.78. The van der Waals surface area contributed by atoms with Gasteiger partial charge in [0.15, 0.2) is 11.6 Å². The van der Waals surface area contributed by atoms with Gasteiger partial charge in [-0.2, -0.15) is 13.2 Å². The van der Waals surface area contributed by atoms with Crippen LogP contribution in [0.5, 0.6) is 0 Å². The van der Waals surface area contributed by atoms with E-state index in [4.69, 9.17) is 0 Å². The average molecular weight is 584 g/mol. The van der Waals surface area contributed by atoms with Crippen LogP contribution >= 0.6 is 0 Å². The Hall–Kier alpha value is -4.11. The van der Waals surface area contributed by atoms with Crippen LogP contribution in [0, 0.1) is 17.5 Å². The van der Waals surface area contributed by atoms with E-state index >= 15 is 8.78 Å². The molecular weight excluding hydrogens is 566 g/mol. The van der Waals surface area contributed by atoms with E-state index in [-0.39, 0.29) is 41.6 Å². The first-order chi connectivity index (χ1) is 18.8. The van der Waals surface area contributed by atoms with Gasteiger partial charge in [-0.25, -0.2) is 31.1 Å². The number of carbonyl (C=O) groups excluding carboxylic acids is 2. The van der Waals surface area contributed by atoms with Crippen molar-refractivity contribution in [2.45, 2.75) is 30.1 Å². The van der Waals surface area contributed by atoms with Gasteiger partial charge in [0.05, 0.1) is 21.8 Å². The molecule has 3 N–H and O–H groups in total. The molecule has 2 heterocycles. The summed E-state index contributed by atoms with van der Waals surface area (Å²) in [7, 11) is -3.92. The minimum Gasteiger partial charge on any atom is -0.326 e. The van der Waals surface area contributed by atoms with Crippen molar-refractivity contribution in [2.75, 3.05) is 16.8 Å². The van der Waals surface area contributed by atoms with Gasteiger partial charge in [0.1, 0.15) is 11.9 Å². The number of hydrogen-bond donors (Lipinski definition) is 3. The number of carbonyl (C=O) groups is 2. The number of nitrogens with zero attached hydrogens (tertiary/aromatic N) is 1. The number of sulfonamides is 1. The van der Waals surface area contributed by atoms with Crippen molar-refractivity contribution in [3.63, 3.8) is 0 Å². The molecule has 210 valence electrons. The molecule has 0 spiro atoms. The Kier molecular flexibility index (Phi) is 6.74. The number of nitrogens with one attached hydrogen (secondary N) is 3. The maximum absolute atomic E-state index is 15.2. The fourth-order valence-electron chi connectivity index (χ4n) is 4.62. The first kappa shape index (κ1) is 27.5. The fraction of sp³-hybridized carbons (Fsp3) is 0.200. The molecule has 15 heteroatoms. The molecule has 1 fully saturated rings. The van der Waals surface area contributed by atoms with Crippen LogP contribution in [-0.2, 0) is 27.5 Å². The summed E-state index contributed by atoms with van der Waals surface area (Å²) < 4.78 is 110. The van der Waals surface area contributed by atoms with Crippen LogP contribution in [0.1, 0.15) is 17.5 Å². The molecule has 3 aromatic rings. The quantitative estimate of drug-likeness (QED) is 0.393. The van der Waals surface area contributed by atoms with Gasteiger partial charge in [-0.1, -0.05) is 18.2 Å². The van der Waals surface area contributed by atoms with Crippen molar-refractivity contribution in [1.82, 2.24) is 10.0 Å². The lowest BCUT2D eigenvalue weighted by Crippen LogP contribution is -2.43. The second-order valence-electron chi connectivity index (χ2n) is 9.00. The number of halogens is 6. The highest BCUT2D eigenvalue weighted by molar-refractivity contribution is 7.90. The number of amides is 3. The molecule has 1 saturated heterocycles. The Morgan fingerprint density at radius 1 is 1.00 bits per heavy atom. The summed E-state index contributed by atoms with van der Waals surface area (Å²) in [6.45, 7) is -0.128. The maximum atomic E-state index is 15.2. The average Bonchev–Trinajstić information content (AvgIpc) is 3.40. The smallest absolute Gasteiger partial charge is 0.326 e. The highest BCUT2D eigenvalue weighted by atomic mass is 32.2. The van der Waals surface area contributed by atoms with Gasteiger partial charge in [0.2, 0.25) is 15.9 Å². The summed E-state index contributed by atoms with van der Waals surface area (Å²) in [6.07, 6.45) is -4.83. The van der Waals surface area contributed by atoms with E-state index < -0.39 is 68.6 Å². The number of alkyl halides is 3. The monoisotopic (exact) mass is 584 g/mol. The molecule has 2 aliphatic rings. The van der Waals surface area contributed by atoms with Gasteiger partial charge in [-0.3, -0.25) is 4.79 Å². The Morgan fingerprint density at radius 3 is 2.45 bits per heavy atom. The number of urea groups is 1. The van der Waals surface area contributed by atoms with Crippen LogP contribution in [0.25, 0.3) is 11.1 Å². The van der Waals surface area contributed by atoms with Crippen molar-refractivity contribution in [2.24, 2.45) is 0 Å². The first-order valence-electron chi connectivity index (χ1n) is 11.6. The van der Waals surface area contributed by atoms with Crippen molar-refractivity contribution < 1.29 is 44.3 Å². The molecular formula is C25H18F6N4O4S. The molecule has 0 unspecified atom stereocenters. The van der Waals surface area contributed by atoms with Crippen LogP contribution in [-0.4, -0.2) is 32.9 Å². The van der Waals surface area contributed by atoms with E-state index in [2.05, 4.69) is 10.0 Å². The van der Waals surface area contributed by atoms with Gasteiger partial charge in [0.25, 0.3) is 0 Å². The number of benzene rings is 3. The molecule has 0 saturated carbocycles. The van der Waals surface area contributed by atoms with Gasteiger partial charge >= 0.3 is 12.2 Å². The zero-order valence-electron chi connectivity index (χ0n) is 20.1. The standard InChI is InChI=1S/C25H18F6N4O4S/c26-16-10-13(25(29,30)31)4-6-17(16)33-24(37)34-18-8-9-35(23(18)36)19-7-5-14(20(27)21(19)28)15-3-1-2-12-11-32-40(38,39)22(12)15/h1-7,10,18,32H,8-9,11H2,(H2,33,34,37)/t18-/m1/s1. The summed E-state index contributed by atoms with van der Waals surface area (Å²) in [5.74, 6) is -4.97. The van der Waals surface area contributed by atoms with Crippen molar-refractivity contribution in [1.29, 1.82) is 0 Å². The SMILES string of the molecule is O=C(Nc1ccc(C(F)(F)F)cc1F)N[C@@H]1CCN(c2ccc(-c3cccc4c3S(=O)(=O)NC4)c(F)c2F)C1=O. The molecule has 0 aromatic heterocycles. The molecule has 0 aliphatic carbocycles. The maximum Gasteiger partial charge on any atom is 0.416 e. The van der Waals surface area contributed by atoms with Crippen LogP contribution in [0.2, 0.25) is 0 Å². The molecule has 8 nitrogen and oxygen atoms in total. The molecule has 3 aromatic carbocycles. The van der Waals surface area contributed by atoms with E-state index in [1.165, 1.54) is 18.2 Å². The Labute approximate surface area is 223 Å². The summed E-state index contributed by atoms with van der Waals surface area (Å²) >= 11 is 0. The highest BCUT2D eigenvalue weighted by Gasteiger charge is 2.37. The van der Waals surface area contributed by atoms with Gasteiger partial charge in [0, 0.05) is 24.2 Å². The molecule has 1 atom stereocenters. The lowest BCUT2D eigenvalue weighted by atomic mass is 10.0. The molecule has 0 radical (unpaired) electrons. The minimum absolute atomic E-state index is 0.00342. The number of anilines is 2. The topological polar surface area (TPSA) is 108 Å². The predicted octanol–water partition coefficient (Wildman–Crippen LogP) is 4.51. The Balaban J connectivity index is 1.32. The molecule has 40 heavy (non-hydrogen) atoms. The van der Waals surface area contributed by atoms with E-state index in [1.54, 1.807) is 0 Å². The molecule has 3 amide bonds. The first-order valence-corrected chi connectivity index (χ1v) is 13.1. The van der Waals surface area contributed by atoms with Crippen LogP contribution < -0.4 is 20.3 Å². The highest BCUT2D eigenvalue weighted by Crippen LogP contribution is 2.38. The molecule has 2 aliphatic heterocycles. The van der Waals surface area contributed by atoms with E-state index in [1.807, 2.05) is 5.32 Å². The normalized spacial score (nSPS) is 18.1. The molecule has 5 rings (SSSR count). The minimum atomic E-state index is -4.79. The van der Waals surface area contributed by atoms with E-state index in [9.17, 15) is 35.6 Å². The van der Waals surface area contributed by atoms with Gasteiger partial charge in [-0.15, -0.1) is 0 Å². The lowest BCUT2D eigenvalue weighted by Gasteiger charge is -2.20. The zero-order valence-corrected chi connectivity index (χ0v) is 20.9. The van der Waals surface area contributed by atoms with Crippen LogP contribution in [0.15, 0.2) is 53.4 Å². The number of rotatable bonds is 4. The van der Waals surface area contributed by atoms with E-state index in [0.717, 1.165) is 17.0 Å². The van der Waals surface area contributed by atoms with Gasteiger partial charge in [-0.05, 0) is 42.3 Å². The van der Waals surface area contributed by atoms with Gasteiger partial charge < -0.3 is 15.5 Å². The van der Waals surface area contributed by atoms with Crippen molar-refractivity contribution in [3.8, 4) is 11.1 Å². The van der Waals surface area contributed by atoms with Crippen LogP contribution in [0.3, 0.4) is 0 Å². The van der Waals surface area contributed by atoms with Crippen LogP contribution in [0.4, 0.5) is 42.5 Å². The third kappa shape index (κ3) is 4.86. The molecule has 0 bridgehead atoms. The van der Waals surface area contributed by atoms with E-state index in [0.29, 0.717) is 17.7 Å². The number of fused-ring (bicyclic) bond motifs is 1. The fourth-order valence-corrected chi connectivity index (χ4v) is 6.06. The third-order valence-electron chi connectivity index (χ3n) is 6.52. The lowest BCUT2D eigenvalue weighted by molar-refractivity contribution is -0.137. The summed E-state index contributed by atoms with van der Waals surface area (Å²) in [5, 5.41) is 4.25. The number of hydrogen-bond acceptors (Lipinski definition) is 4.